The molecule has 0 radical (unpaired) electrons. The summed E-state index contributed by atoms with van der Waals surface area (Å²) >= 11 is 12.2. The van der Waals surface area contributed by atoms with Gasteiger partial charge in [-0.3, -0.25) is 9.78 Å². The van der Waals surface area contributed by atoms with Crippen LogP contribution in [0.2, 0.25) is 5.02 Å². The van der Waals surface area contributed by atoms with Gasteiger partial charge in [-0.05, 0) is 98.7 Å². The monoisotopic (exact) mass is 561 g/mol. The molecule has 1 aliphatic rings. The molecule has 2 atom stereocenters. The standard InChI is InChI=1S/C30H29ClFN5OS/c1-18-7-8-21(31)17-26(18)37-19(2)16-24(20(37)3)29-28(25-6-4-5-14-33-25)35-30(39)36(29)15-13-27(38)34-23-11-9-22(32)10-12-23/h4-12,14,16-17,28-29H,13,15H2,1-3H3,(H,34,38)(H,35,39)/t28-,29+/m1/s1. The van der Waals surface area contributed by atoms with Crippen molar-refractivity contribution in [2.24, 2.45) is 0 Å². The van der Waals surface area contributed by atoms with E-state index in [0.717, 1.165) is 33.9 Å². The van der Waals surface area contributed by atoms with Crippen LogP contribution in [0, 0.1) is 26.6 Å². The van der Waals surface area contributed by atoms with E-state index < -0.39 is 0 Å². The van der Waals surface area contributed by atoms with Gasteiger partial charge < -0.3 is 20.1 Å². The number of hydrogen-bond donors (Lipinski definition) is 2. The summed E-state index contributed by atoms with van der Waals surface area (Å²) in [7, 11) is 0. The molecule has 1 saturated heterocycles. The quantitative estimate of drug-likeness (QED) is 0.249. The Morgan fingerprint density at radius 2 is 1.87 bits per heavy atom. The number of pyridine rings is 1. The van der Waals surface area contributed by atoms with Gasteiger partial charge in [0.1, 0.15) is 5.82 Å². The molecular formula is C30H29ClFN5OS. The van der Waals surface area contributed by atoms with Crippen LogP contribution in [0.3, 0.4) is 0 Å². The number of thiocarbonyl (C=S) groups is 1. The Bertz CT molecular complexity index is 1520. The molecule has 200 valence electrons. The molecule has 2 aromatic carbocycles. The number of nitrogens with zero attached hydrogens (tertiary/aromatic N) is 3. The van der Waals surface area contributed by atoms with Crippen LogP contribution in [0.1, 0.15) is 46.7 Å². The van der Waals surface area contributed by atoms with Crippen molar-refractivity contribution in [3.63, 3.8) is 0 Å². The summed E-state index contributed by atoms with van der Waals surface area (Å²) < 4.78 is 15.5. The van der Waals surface area contributed by atoms with Gasteiger partial charge >= 0.3 is 0 Å². The SMILES string of the molecule is Cc1ccc(Cl)cc1-n1c(C)cc([C@H]2[C@@H](c3ccccn3)NC(=S)N2CCC(=O)Nc2ccc(F)cc2)c1C. The Hall–Kier alpha value is -3.75. The van der Waals surface area contributed by atoms with Crippen LogP contribution >= 0.6 is 23.8 Å². The molecule has 2 N–H and O–H groups in total. The van der Waals surface area contributed by atoms with Gasteiger partial charge in [0.2, 0.25) is 5.91 Å². The third-order valence-corrected chi connectivity index (χ3v) is 7.69. The predicted octanol–water partition coefficient (Wildman–Crippen LogP) is 6.59. The molecule has 4 aromatic rings. The molecular weight excluding hydrogens is 533 g/mol. The first-order valence-corrected chi connectivity index (χ1v) is 13.5. The maximum atomic E-state index is 13.3. The number of benzene rings is 2. The minimum Gasteiger partial charge on any atom is -0.352 e. The Morgan fingerprint density at radius 1 is 1.10 bits per heavy atom. The number of nitrogens with one attached hydrogen (secondary N) is 2. The summed E-state index contributed by atoms with van der Waals surface area (Å²) in [4.78, 5) is 19.5. The lowest BCUT2D eigenvalue weighted by atomic mass is 9.96. The van der Waals surface area contributed by atoms with Crippen LogP contribution in [-0.2, 0) is 4.79 Å². The number of amides is 1. The zero-order valence-corrected chi connectivity index (χ0v) is 23.5. The van der Waals surface area contributed by atoms with Gasteiger partial charge in [0.25, 0.3) is 0 Å². The van der Waals surface area contributed by atoms with Crippen molar-refractivity contribution in [3.8, 4) is 5.69 Å². The average Bonchev–Trinajstić information content (AvgIpc) is 3.40. The number of carbonyl (C=O) groups is 1. The molecule has 1 amide bonds. The highest BCUT2D eigenvalue weighted by Crippen LogP contribution is 2.41. The van der Waals surface area contributed by atoms with Crippen molar-refractivity contribution < 1.29 is 9.18 Å². The molecule has 0 saturated carbocycles. The lowest BCUT2D eigenvalue weighted by molar-refractivity contribution is -0.116. The summed E-state index contributed by atoms with van der Waals surface area (Å²) in [6.07, 6.45) is 1.98. The largest absolute Gasteiger partial charge is 0.352 e. The van der Waals surface area contributed by atoms with E-state index in [1.165, 1.54) is 12.1 Å². The lowest BCUT2D eigenvalue weighted by Gasteiger charge is -2.28. The molecule has 0 unspecified atom stereocenters. The minimum atomic E-state index is -0.351. The normalized spacial score (nSPS) is 16.8. The van der Waals surface area contributed by atoms with Gasteiger partial charge in [-0.15, -0.1) is 0 Å². The molecule has 1 aliphatic heterocycles. The molecule has 6 nitrogen and oxygen atoms in total. The van der Waals surface area contributed by atoms with E-state index in [2.05, 4.69) is 51.9 Å². The second-order valence-corrected chi connectivity index (χ2v) is 10.5. The minimum absolute atomic E-state index is 0.176. The fourth-order valence-electron chi connectivity index (χ4n) is 5.24. The second kappa shape index (κ2) is 11.2. The van der Waals surface area contributed by atoms with E-state index in [-0.39, 0.29) is 30.2 Å². The summed E-state index contributed by atoms with van der Waals surface area (Å²) in [6, 6.07) is 19.2. The zero-order chi connectivity index (χ0) is 27.7. The van der Waals surface area contributed by atoms with Gasteiger partial charge in [0, 0.05) is 46.9 Å². The van der Waals surface area contributed by atoms with Crippen LogP contribution in [0.25, 0.3) is 5.69 Å². The van der Waals surface area contributed by atoms with E-state index in [9.17, 15) is 9.18 Å². The van der Waals surface area contributed by atoms with Crippen LogP contribution in [0.4, 0.5) is 10.1 Å². The number of carbonyl (C=O) groups excluding carboxylic acids is 1. The summed E-state index contributed by atoms with van der Waals surface area (Å²) in [5.74, 6) is -0.528. The van der Waals surface area contributed by atoms with Crippen LogP contribution in [0.15, 0.2) is 72.9 Å². The van der Waals surface area contributed by atoms with Gasteiger partial charge in [-0.25, -0.2) is 4.39 Å². The zero-order valence-electron chi connectivity index (χ0n) is 21.9. The molecule has 39 heavy (non-hydrogen) atoms. The van der Waals surface area contributed by atoms with Crippen molar-refractivity contribution in [1.29, 1.82) is 0 Å². The number of anilines is 1. The molecule has 5 rings (SSSR count). The Labute approximate surface area is 237 Å². The third kappa shape index (κ3) is 5.53. The highest BCUT2D eigenvalue weighted by molar-refractivity contribution is 7.80. The molecule has 3 heterocycles. The predicted molar refractivity (Wildman–Crippen MR) is 157 cm³/mol. The third-order valence-electron chi connectivity index (χ3n) is 7.11. The Balaban J connectivity index is 1.48. The van der Waals surface area contributed by atoms with Crippen molar-refractivity contribution in [3.05, 3.63) is 112 Å². The maximum Gasteiger partial charge on any atom is 0.226 e. The molecule has 0 aliphatic carbocycles. The first-order chi connectivity index (χ1) is 18.7. The first-order valence-electron chi connectivity index (χ1n) is 12.7. The molecule has 1 fully saturated rings. The van der Waals surface area contributed by atoms with Gasteiger partial charge in [-0.1, -0.05) is 23.7 Å². The second-order valence-electron chi connectivity index (χ2n) is 9.72. The number of aromatic nitrogens is 2. The fraction of sp³-hybridized carbons (Fsp3) is 0.233. The van der Waals surface area contributed by atoms with Crippen molar-refractivity contribution in [1.82, 2.24) is 19.8 Å². The number of rotatable bonds is 7. The molecule has 9 heteroatoms. The average molecular weight is 562 g/mol. The summed E-state index contributed by atoms with van der Waals surface area (Å²) in [6.45, 7) is 6.64. The molecule has 2 aromatic heterocycles. The summed E-state index contributed by atoms with van der Waals surface area (Å²) in [5.41, 5.74) is 6.78. The maximum absolute atomic E-state index is 13.3. The lowest BCUT2D eigenvalue weighted by Crippen LogP contribution is -2.32. The van der Waals surface area contributed by atoms with E-state index in [1.807, 2.05) is 36.4 Å². The highest BCUT2D eigenvalue weighted by Gasteiger charge is 2.41. The molecule has 0 spiro atoms. The van der Waals surface area contributed by atoms with Crippen molar-refractivity contribution >= 4 is 40.5 Å². The number of hydrogen-bond acceptors (Lipinski definition) is 3. The Morgan fingerprint density at radius 3 is 2.59 bits per heavy atom. The summed E-state index contributed by atoms with van der Waals surface area (Å²) in [5, 5.41) is 7.53. The van der Waals surface area contributed by atoms with Crippen LogP contribution < -0.4 is 10.6 Å². The first kappa shape index (κ1) is 26.8. The molecule has 0 bridgehead atoms. The van der Waals surface area contributed by atoms with Crippen LogP contribution in [0.5, 0.6) is 0 Å². The van der Waals surface area contributed by atoms with E-state index in [1.54, 1.807) is 18.3 Å². The van der Waals surface area contributed by atoms with Gasteiger partial charge in [0.05, 0.1) is 17.8 Å². The van der Waals surface area contributed by atoms with Crippen molar-refractivity contribution in [2.75, 3.05) is 11.9 Å². The van der Waals surface area contributed by atoms with Crippen LogP contribution in [-0.4, -0.2) is 32.0 Å². The number of halogens is 2. The highest BCUT2D eigenvalue weighted by atomic mass is 35.5. The van der Waals surface area contributed by atoms with Gasteiger partial charge in [-0.2, -0.15) is 0 Å². The fourth-order valence-corrected chi connectivity index (χ4v) is 5.74. The van der Waals surface area contributed by atoms with E-state index >= 15 is 0 Å². The van der Waals surface area contributed by atoms with E-state index in [0.29, 0.717) is 22.4 Å². The van der Waals surface area contributed by atoms with E-state index in [4.69, 9.17) is 23.8 Å². The smallest absolute Gasteiger partial charge is 0.226 e. The number of aryl methyl sites for hydroxylation is 2. The Kier molecular flexibility index (Phi) is 7.68. The van der Waals surface area contributed by atoms with Crippen molar-refractivity contribution in [2.45, 2.75) is 39.3 Å². The van der Waals surface area contributed by atoms with Gasteiger partial charge in [0.15, 0.2) is 5.11 Å². The topological polar surface area (TPSA) is 62.2 Å².